The maximum atomic E-state index is 12.7. The van der Waals surface area contributed by atoms with E-state index < -0.39 is 11.5 Å². The van der Waals surface area contributed by atoms with Gasteiger partial charge in [0.2, 0.25) is 0 Å². The monoisotopic (exact) mass is 368 g/mol. The lowest BCUT2D eigenvalue weighted by atomic mass is 10.0. The Morgan fingerprint density at radius 1 is 1.22 bits per heavy atom. The Morgan fingerprint density at radius 3 is 2.63 bits per heavy atom. The van der Waals surface area contributed by atoms with Crippen LogP contribution in [0.2, 0.25) is 0 Å². The van der Waals surface area contributed by atoms with Crippen LogP contribution in [-0.2, 0) is 11.3 Å². The van der Waals surface area contributed by atoms with Crippen LogP contribution >= 0.6 is 0 Å². The minimum absolute atomic E-state index is 0.0106. The smallest absolute Gasteiger partial charge is 0.263 e. The van der Waals surface area contributed by atoms with E-state index in [1.54, 1.807) is 13.3 Å². The molecule has 142 valence electrons. The lowest BCUT2D eigenvalue weighted by Gasteiger charge is -2.11. The molecule has 0 spiro atoms. The molecule has 1 aliphatic carbocycles. The van der Waals surface area contributed by atoms with Crippen molar-refractivity contribution in [1.82, 2.24) is 9.88 Å². The van der Waals surface area contributed by atoms with Crippen molar-refractivity contribution < 1.29 is 14.3 Å². The van der Waals surface area contributed by atoms with Crippen LogP contribution < -0.4 is 10.9 Å². The minimum atomic E-state index is -0.486. The van der Waals surface area contributed by atoms with Crippen LogP contribution in [-0.4, -0.2) is 37.0 Å². The van der Waals surface area contributed by atoms with Gasteiger partial charge in [-0.05, 0) is 29.9 Å². The molecule has 0 bridgehead atoms. The Labute approximate surface area is 158 Å². The average molecular weight is 368 g/mol. The van der Waals surface area contributed by atoms with Gasteiger partial charge >= 0.3 is 0 Å². The molecule has 1 aromatic heterocycles. The van der Waals surface area contributed by atoms with Gasteiger partial charge in [-0.25, -0.2) is 0 Å². The van der Waals surface area contributed by atoms with Crippen molar-refractivity contribution in [2.45, 2.75) is 19.4 Å². The van der Waals surface area contributed by atoms with Gasteiger partial charge in [-0.2, -0.15) is 0 Å². The molecule has 0 saturated heterocycles. The zero-order chi connectivity index (χ0) is 19.4. The molecule has 1 aliphatic rings. The summed E-state index contributed by atoms with van der Waals surface area (Å²) in [6.45, 7) is 0.968. The quantitative estimate of drug-likeness (QED) is 0.724. The third-order valence-corrected chi connectivity index (χ3v) is 4.97. The Morgan fingerprint density at radius 2 is 1.96 bits per heavy atom. The predicted octanol–water partition coefficient (Wildman–Crippen LogP) is 2.11. The van der Waals surface area contributed by atoms with Crippen LogP contribution in [0.1, 0.15) is 39.1 Å². The highest BCUT2D eigenvalue weighted by molar-refractivity contribution is 6.00. The standard InChI is InChI=1S/C21H24N2O4/c1-22-20(25)18-9-16(19(24)10-15-8-17(15)13-27-2)12-23(21(18)26)11-14-6-4-3-5-7-14/h3-7,9,12,15,17H,8,10-11,13H2,1-2H3,(H,22,25)/t15-,17-/m0/s1. The minimum Gasteiger partial charge on any atom is -0.384 e. The van der Waals surface area contributed by atoms with Gasteiger partial charge in [-0.1, -0.05) is 30.3 Å². The van der Waals surface area contributed by atoms with Crippen LogP contribution in [0.25, 0.3) is 0 Å². The summed E-state index contributed by atoms with van der Waals surface area (Å²) in [4.78, 5) is 37.6. The van der Waals surface area contributed by atoms with Crippen LogP contribution in [0.4, 0.5) is 0 Å². The van der Waals surface area contributed by atoms with Crippen molar-refractivity contribution in [3.05, 3.63) is 69.6 Å². The second-order valence-electron chi connectivity index (χ2n) is 6.98. The normalized spacial score (nSPS) is 18.1. The largest absolute Gasteiger partial charge is 0.384 e. The Balaban J connectivity index is 1.89. The molecule has 1 amide bonds. The van der Waals surface area contributed by atoms with Crippen molar-refractivity contribution >= 4 is 11.7 Å². The third-order valence-electron chi connectivity index (χ3n) is 4.97. The second kappa shape index (κ2) is 8.31. The number of carbonyl (C=O) groups excluding carboxylic acids is 2. The van der Waals surface area contributed by atoms with Crippen LogP contribution in [0.5, 0.6) is 0 Å². The number of Topliss-reactive ketones (excluding diaryl/α,β-unsaturated/α-hetero) is 1. The van der Waals surface area contributed by atoms with Gasteiger partial charge in [0.25, 0.3) is 11.5 Å². The molecule has 0 aliphatic heterocycles. The number of nitrogens with one attached hydrogen (secondary N) is 1. The number of benzene rings is 1. The number of carbonyl (C=O) groups is 2. The van der Waals surface area contributed by atoms with E-state index in [0.717, 1.165) is 12.0 Å². The first kappa shape index (κ1) is 19.0. The highest BCUT2D eigenvalue weighted by Crippen LogP contribution is 2.41. The van der Waals surface area contributed by atoms with Crippen LogP contribution in [0.3, 0.4) is 0 Å². The zero-order valence-electron chi connectivity index (χ0n) is 15.6. The van der Waals surface area contributed by atoms with Crippen LogP contribution in [0.15, 0.2) is 47.4 Å². The molecule has 3 rings (SSSR count). The molecule has 0 radical (unpaired) electrons. The van der Waals surface area contributed by atoms with E-state index in [1.807, 2.05) is 30.3 Å². The van der Waals surface area contributed by atoms with E-state index in [2.05, 4.69) is 5.32 Å². The molecule has 1 fully saturated rings. The number of ketones is 1. The second-order valence-corrected chi connectivity index (χ2v) is 6.98. The summed E-state index contributed by atoms with van der Waals surface area (Å²) in [6.07, 6.45) is 2.95. The first-order chi connectivity index (χ1) is 13.0. The summed E-state index contributed by atoms with van der Waals surface area (Å²) in [5.41, 5.74) is 0.906. The number of nitrogens with zero attached hydrogens (tertiary/aromatic N) is 1. The van der Waals surface area contributed by atoms with Gasteiger partial charge in [-0.15, -0.1) is 0 Å². The molecule has 1 N–H and O–H groups in total. The van der Waals surface area contributed by atoms with Crippen molar-refractivity contribution in [2.75, 3.05) is 20.8 Å². The third kappa shape index (κ3) is 4.52. The maximum Gasteiger partial charge on any atom is 0.263 e. The summed E-state index contributed by atoms with van der Waals surface area (Å²) in [5.74, 6) is 0.202. The van der Waals surface area contributed by atoms with Gasteiger partial charge in [0, 0.05) is 38.9 Å². The summed E-state index contributed by atoms with van der Waals surface area (Å²) in [5, 5.41) is 2.48. The van der Waals surface area contributed by atoms with Gasteiger partial charge in [0.05, 0.1) is 6.54 Å². The summed E-state index contributed by atoms with van der Waals surface area (Å²) < 4.78 is 6.58. The van der Waals surface area contributed by atoms with E-state index in [4.69, 9.17) is 4.74 Å². The Hall–Kier alpha value is -2.73. The van der Waals surface area contributed by atoms with Crippen molar-refractivity contribution in [3.63, 3.8) is 0 Å². The van der Waals surface area contributed by atoms with Crippen molar-refractivity contribution in [1.29, 1.82) is 0 Å². The molecule has 2 aromatic rings. The fourth-order valence-corrected chi connectivity index (χ4v) is 3.32. The SMILES string of the molecule is CNC(=O)c1cc(C(=O)C[C@@H]2C[C@H]2COC)cn(Cc2ccccc2)c1=O. The molecule has 1 saturated carbocycles. The van der Waals surface area contributed by atoms with E-state index >= 15 is 0 Å². The Bertz CT molecular complexity index is 889. The summed E-state index contributed by atoms with van der Waals surface area (Å²) in [7, 11) is 3.13. The number of rotatable bonds is 8. The summed E-state index contributed by atoms with van der Waals surface area (Å²) in [6, 6.07) is 10.9. The fourth-order valence-electron chi connectivity index (χ4n) is 3.32. The van der Waals surface area contributed by atoms with Gasteiger partial charge in [-0.3, -0.25) is 14.4 Å². The van der Waals surface area contributed by atoms with Gasteiger partial charge < -0.3 is 14.6 Å². The first-order valence-corrected chi connectivity index (χ1v) is 9.06. The molecule has 27 heavy (non-hydrogen) atoms. The molecule has 6 nitrogen and oxygen atoms in total. The lowest BCUT2D eigenvalue weighted by Crippen LogP contribution is -2.32. The average Bonchev–Trinajstić information content (AvgIpc) is 3.41. The molecule has 2 atom stereocenters. The van der Waals surface area contributed by atoms with Crippen LogP contribution in [0, 0.1) is 11.8 Å². The molecular formula is C21H24N2O4. The maximum absolute atomic E-state index is 12.7. The molecule has 1 heterocycles. The molecule has 1 aromatic carbocycles. The predicted molar refractivity (Wildman–Crippen MR) is 102 cm³/mol. The molecule has 0 unspecified atom stereocenters. The molecular weight excluding hydrogens is 344 g/mol. The van der Waals surface area contributed by atoms with Gasteiger partial charge in [0.1, 0.15) is 5.56 Å². The topological polar surface area (TPSA) is 77.4 Å². The van der Waals surface area contributed by atoms with Gasteiger partial charge in [0.15, 0.2) is 5.78 Å². The van der Waals surface area contributed by atoms with E-state index in [1.165, 1.54) is 17.7 Å². The Kier molecular flexibility index (Phi) is 5.86. The number of amides is 1. The zero-order valence-corrected chi connectivity index (χ0v) is 15.6. The highest BCUT2D eigenvalue weighted by atomic mass is 16.5. The lowest BCUT2D eigenvalue weighted by molar-refractivity contribution is 0.0961. The van der Waals surface area contributed by atoms with E-state index in [0.29, 0.717) is 37.0 Å². The van der Waals surface area contributed by atoms with Crippen molar-refractivity contribution in [2.24, 2.45) is 11.8 Å². The van der Waals surface area contributed by atoms with Crippen molar-refractivity contribution in [3.8, 4) is 0 Å². The number of hydrogen-bond donors (Lipinski definition) is 1. The number of aromatic nitrogens is 1. The van der Waals surface area contributed by atoms with E-state index in [9.17, 15) is 14.4 Å². The number of hydrogen-bond acceptors (Lipinski definition) is 4. The van der Waals surface area contributed by atoms with E-state index in [-0.39, 0.29) is 11.3 Å². The number of pyridine rings is 1. The first-order valence-electron chi connectivity index (χ1n) is 9.06. The number of methoxy groups -OCH3 is 1. The highest BCUT2D eigenvalue weighted by Gasteiger charge is 2.38. The number of ether oxygens (including phenoxy) is 1. The fraction of sp³-hybridized carbons (Fsp3) is 0.381. The summed E-state index contributed by atoms with van der Waals surface area (Å²) >= 11 is 0. The molecule has 6 heteroatoms.